The molecule has 0 fully saturated rings. The van der Waals surface area contributed by atoms with E-state index in [1.54, 1.807) is 11.0 Å². The Balaban J connectivity index is 2.93. The minimum atomic E-state index is -1.09. The number of anilines is 1. The number of ether oxygens (including phenoxy) is 1. The van der Waals surface area contributed by atoms with Gasteiger partial charge in [-0.2, -0.15) is 0 Å². The van der Waals surface area contributed by atoms with Crippen molar-refractivity contribution in [2.45, 2.75) is 26.7 Å². The van der Waals surface area contributed by atoms with Crippen LogP contribution in [0.25, 0.3) is 0 Å². The average Bonchev–Trinajstić information content (AvgIpc) is 2.47. The molecule has 1 aromatic rings. The third-order valence-electron chi connectivity index (χ3n) is 3.15. The van der Waals surface area contributed by atoms with Gasteiger partial charge < -0.3 is 20.1 Å². The Morgan fingerprint density at radius 3 is 2.57 bits per heavy atom. The second-order valence-electron chi connectivity index (χ2n) is 4.58. The van der Waals surface area contributed by atoms with E-state index in [4.69, 9.17) is 4.74 Å². The van der Waals surface area contributed by atoms with E-state index in [-0.39, 0.29) is 17.3 Å². The molecule has 0 aliphatic rings. The van der Waals surface area contributed by atoms with Gasteiger partial charge in [0.05, 0.1) is 18.4 Å². The molecule has 0 bridgehead atoms. The first kappa shape index (κ1) is 16.8. The van der Waals surface area contributed by atoms with E-state index >= 15 is 0 Å². The zero-order chi connectivity index (χ0) is 15.8. The summed E-state index contributed by atoms with van der Waals surface area (Å²) >= 11 is 0. The van der Waals surface area contributed by atoms with Crippen LogP contribution in [0.3, 0.4) is 0 Å². The maximum atomic E-state index is 12.2. The molecule has 0 aliphatic heterocycles. The van der Waals surface area contributed by atoms with Crippen LogP contribution < -0.4 is 10.1 Å². The largest absolute Gasteiger partial charge is 0.497 e. The molecular weight excluding hydrogens is 272 g/mol. The zero-order valence-corrected chi connectivity index (χ0v) is 12.7. The molecule has 0 radical (unpaired) electrons. The average molecular weight is 294 g/mol. The van der Waals surface area contributed by atoms with Gasteiger partial charge >= 0.3 is 12.0 Å². The Morgan fingerprint density at radius 1 is 1.33 bits per heavy atom. The quantitative estimate of drug-likeness (QED) is 0.810. The monoisotopic (exact) mass is 294 g/mol. The third kappa shape index (κ3) is 4.66. The number of amides is 2. The lowest BCUT2D eigenvalue weighted by molar-refractivity contribution is 0.0698. The Morgan fingerprint density at radius 2 is 2.05 bits per heavy atom. The molecular formula is C15H22N2O4. The van der Waals surface area contributed by atoms with Crippen molar-refractivity contribution < 1.29 is 19.4 Å². The number of hydrogen-bond acceptors (Lipinski definition) is 3. The number of unbranched alkanes of at least 4 members (excludes halogenated alkanes) is 1. The van der Waals surface area contributed by atoms with Crippen LogP contribution in [0.1, 0.15) is 37.0 Å². The van der Waals surface area contributed by atoms with Crippen LogP contribution in [0.15, 0.2) is 18.2 Å². The number of aromatic carboxylic acids is 1. The van der Waals surface area contributed by atoms with Crippen molar-refractivity contribution in [1.82, 2.24) is 4.90 Å². The molecule has 116 valence electrons. The lowest BCUT2D eigenvalue weighted by Crippen LogP contribution is -2.35. The van der Waals surface area contributed by atoms with Gasteiger partial charge in [0.1, 0.15) is 5.75 Å². The summed E-state index contributed by atoms with van der Waals surface area (Å²) in [5.74, 6) is -0.600. The van der Waals surface area contributed by atoms with Crippen molar-refractivity contribution >= 4 is 17.7 Å². The first-order valence-corrected chi connectivity index (χ1v) is 7.00. The molecule has 0 aliphatic carbocycles. The number of benzene rings is 1. The predicted octanol–water partition coefficient (Wildman–Crippen LogP) is 3.05. The smallest absolute Gasteiger partial charge is 0.337 e. The summed E-state index contributed by atoms with van der Waals surface area (Å²) in [5.41, 5.74) is 0.275. The van der Waals surface area contributed by atoms with Crippen LogP contribution in [-0.4, -0.2) is 42.2 Å². The minimum Gasteiger partial charge on any atom is -0.497 e. The number of methoxy groups -OCH3 is 1. The Hall–Kier alpha value is -2.24. The van der Waals surface area contributed by atoms with Gasteiger partial charge in [0.2, 0.25) is 0 Å². The van der Waals surface area contributed by atoms with Crippen molar-refractivity contribution in [3.63, 3.8) is 0 Å². The number of hydrogen-bond donors (Lipinski definition) is 2. The van der Waals surface area contributed by atoms with Crippen molar-refractivity contribution in [2.24, 2.45) is 0 Å². The highest BCUT2D eigenvalue weighted by molar-refractivity contribution is 6.00. The van der Waals surface area contributed by atoms with Crippen LogP contribution in [0.2, 0.25) is 0 Å². The molecule has 1 aromatic carbocycles. The number of carbonyl (C=O) groups excluding carboxylic acids is 1. The fourth-order valence-electron chi connectivity index (χ4n) is 1.89. The standard InChI is InChI=1S/C15H22N2O4/c1-4-6-9-17(5-2)15(20)16-13-10-11(21-3)7-8-12(13)14(18)19/h7-8,10H,4-6,9H2,1-3H3,(H,16,20)(H,18,19). The molecule has 2 amide bonds. The fourth-order valence-corrected chi connectivity index (χ4v) is 1.89. The summed E-state index contributed by atoms with van der Waals surface area (Å²) in [7, 11) is 1.49. The van der Waals surface area contributed by atoms with Gasteiger partial charge in [0, 0.05) is 19.2 Å². The number of urea groups is 1. The van der Waals surface area contributed by atoms with E-state index in [1.807, 2.05) is 6.92 Å². The van der Waals surface area contributed by atoms with E-state index in [9.17, 15) is 14.7 Å². The number of carboxylic acid groups (broad SMARTS) is 1. The number of nitrogens with zero attached hydrogens (tertiary/aromatic N) is 1. The van der Waals surface area contributed by atoms with Gasteiger partial charge in [-0.1, -0.05) is 13.3 Å². The topological polar surface area (TPSA) is 78.9 Å². The van der Waals surface area contributed by atoms with Crippen molar-refractivity contribution in [2.75, 3.05) is 25.5 Å². The second kappa shape index (κ2) is 8.14. The van der Waals surface area contributed by atoms with E-state index in [2.05, 4.69) is 12.2 Å². The summed E-state index contributed by atoms with van der Waals surface area (Å²) in [6, 6.07) is 4.17. The molecule has 1 rings (SSSR count). The summed E-state index contributed by atoms with van der Waals surface area (Å²) in [6.07, 6.45) is 1.90. The Bertz CT molecular complexity index is 502. The lowest BCUT2D eigenvalue weighted by Gasteiger charge is -2.21. The Labute approximate surface area is 124 Å². The molecule has 0 atom stereocenters. The van der Waals surface area contributed by atoms with E-state index in [0.717, 1.165) is 12.8 Å². The molecule has 0 spiro atoms. The molecule has 0 unspecified atom stereocenters. The Kier molecular flexibility index (Phi) is 6.52. The molecule has 6 nitrogen and oxygen atoms in total. The minimum absolute atomic E-state index is 0.0377. The van der Waals surface area contributed by atoms with Crippen LogP contribution in [-0.2, 0) is 0 Å². The normalized spacial score (nSPS) is 10.0. The second-order valence-corrected chi connectivity index (χ2v) is 4.58. The summed E-state index contributed by atoms with van der Waals surface area (Å²) < 4.78 is 5.07. The van der Waals surface area contributed by atoms with Gasteiger partial charge in [-0.25, -0.2) is 9.59 Å². The van der Waals surface area contributed by atoms with E-state index in [0.29, 0.717) is 18.8 Å². The number of rotatable bonds is 7. The molecule has 0 aromatic heterocycles. The lowest BCUT2D eigenvalue weighted by atomic mass is 10.1. The maximum absolute atomic E-state index is 12.2. The first-order valence-electron chi connectivity index (χ1n) is 7.00. The summed E-state index contributed by atoms with van der Waals surface area (Å²) in [5, 5.41) is 11.8. The van der Waals surface area contributed by atoms with Gasteiger partial charge in [0.15, 0.2) is 0 Å². The van der Waals surface area contributed by atoms with E-state index in [1.165, 1.54) is 19.2 Å². The van der Waals surface area contributed by atoms with Gasteiger partial charge in [-0.05, 0) is 25.5 Å². The fraction of sp³-hybridized carbons (Fsp3) is 0.467. The molecule has 21 heavy (non-hydrogen) atoms. The van der Waals surface area contributed by atoms with Crippen molar-refractivity contribution in [1.29, 1.82) is 0 Å². The predicted molar refractivity (Wildman–Crippen MR) is 81.1 cm³/mol. The van der Waals surface area contributed by atoms with Crippen molar-refractivity contribution in [3.8, 4) is 5.75 Å². The van der Waals surface area contributed by atoms with Crippen LogP contribution in [0.5, 0.6) is 5.75 Å². The number of carbonyl (C=O) groups is 2. The zero-order valence-electron chi connectivity index (χ0n) is 12.7. The first-order chi connectivity index (χ1) is 10.0. The molecule has 0 saturated carbocycles. The van der Waals surface area contributed by atoms with Crippen molar-refractivity contribution in [3.05, 3.63) is 23.8 Å². The summed E-state index contributed by atoms with van der Waals surface area (Å²) in [4.78, 5) is 25.1. The third-order valence-corrected chi connectivity index (χ3v) is 3.15. The summed E-state index contributed by atoms with van der Waals surface area (Å²) in [6.45, 7) is 5.15. The van der Waals surface area contributed by atoms with Crippen LogP contribution in [0.4, 0.5) is 10.5 Å². The SMILES string of the molecule is CCCCN(CC)C(=O)Nc1cc(OC)ccc1C(=O)O. The molecule has 0 saturated heterocycles. The molecule has 0 heterocycles. The van der Waals surface area contributed by atoms with Gasteiger partial charge in [-0.15, -0.1) is 0 Å². The number of carboxylic acids is 1. The molecule has 2 N–H and O–H groups in total. The highest BCUT2D eigenvalue weighted by Crippen LogP contribution is 2.23. The molecule has 6 heteroatoms. The maximum Gasteiger partial charge on any atom is 0.337 e. The number of nitrogens with one attached hydrogen (secondary N) is 1. The van der Waals surface area contributed by atoms with Gasteiger partial charge in [-0.3, -0.25) is 0 Å². The highest BCUT2D eigenvalue weighted by atomic mass is 16.5. The highest BCUT2D eigenvalue weighted by Gasteiger charge is 2.16. The van der Waals surface area contributed by atoms with Gasteiger partial charge in [0.25, 0.3) is 0 Å². The van der Waals surface area contributed by atoms with Crippen LogP contribution >= 0.6 is 0 Å². The van der Waals surface area contributed by atoms with Crippen LogP contribution in [0, 0.1) is 0 Å². The van der Waals surface area contributed by atoms with E-state index < -0.39 is 5.97 Å².